The number of nitrogens with zero attached hydrogens (tertiary/aromatic N) is 5. The number of carbonyl (C=O) groups is 1. The molecule has 5 heterocycles. The number of rotatable bonds is 5. The highest BCUT2D eigenvalue weighted by molar-refractivity contribution is 7.22. The van der Waals surface area contributed by atoms with Gasteiger partial charge in [-0.2, -0.15) is 4.98 Å². The van der Waals surface area contributed by atoms with Crippen LogP contribution in [-0.2, 0) is 0 Å². The average Bonchev–Trinajstić information content (AvgIpc) is 3.25. The van der Waals surface area contributed by atoms with E-state index in [9.17, 15) is 4.79 Å². The number of aromatic nitrogens is 5. The largest absolute Gasteiger partial charge is 0.494 e. The maximum Gasteiger partial charge on any atom is 0.259 e. The van der Waals surface area contributed by atoms with Crippen molar-refractivity contribution in [3.8, 4) is 28.0 Å². The molecule has 0 aliphatic rings. The Hall–Kier alpha value is -3.95. The zero-order valence-electron chi connectivity index (χ0n) is 18.1. The molecule has 0 radical (unpaired) electrons. The molecule has 1 amide bonds. The zero-order chi connectivity index (χ0) is 23.7. The number of hydrogen-bond donors (Lipinski definition) is 1. The number of hydrogen-bond acceptors (Lipinski definition) is 8. The third-order valence-corrected chi connectivity index (χ3v) is 6.22. The van der Waals surface area contributed by atoms with E-state index in [1.54, 1.807) is 24.7 Å². The second kappa shape index (κ2) is 9.12. The molecule has 168 valence electrons. The SMILES string of the molecule is COc1cnc(Cl)cc1-c1cc(C)ncc1C(=O)Nc1nc2ncc(-c3ccncc3)cc2s1. The lowest BCUT2D eigenvalue weighted by Gasteiger charge is -2.13. The second-order valence-corrected chi connectivity index (χ2v) is 8.75. The number of amides is 1. The summed E-state index contributed by atoms with van der Waals surface area (Å²) in [5.41, 5.74) is 4.89. The Bertz CT molecular complexity index is 1520. The van der Waals surface area contributed by atoms with E-state index in [0.717, 1.165) is 21.5 Å². The number of ether oxygens (including phenoxy) is 1. The summed E-state index contributed by atoms with van der Waals surface area (Å²) in [5, 5.41) is 3.60. The minimum atomic E-state index is -0.356. The summed E-state index contributed by atoms with van der Waals surface area (Å²) in [4.78, 5) is 34.6. The van der Waals surface area contributed by atoms with E-state index in [4.69, 9.17) is 16.3 Å². The molecule has 0 bridgehead atoms. The lowest BCUT2D eigenvalue weighted by molar-refractivity contribution is 0.102. The standard InChI is InChI=1S/C24H17ClN6O2S/c1-13-7-16(17-9-21(25)28-12-19(17)33-2)18(11-27-13)23(32)31-24-30-22-20(34-24)8-15(10-29-22)14-3-5-26-6-4-14/h3-12H,1-2H3,(H,29,30,31,32). The molecule has 5 aromatic heterocycles. The van der Waals surface area contributed by atoms with Crippen molar-refractivity contribution >= 4 is 44.3 Å². The van der Waals surface area contributed by atoms with Crippen molar-refractivity contribution < 1.29 is 9.53 Å². The summed E-state index contributed by atoms with van der Waals surface area (Å²) in [6.45, 7) is 1.85. The molecule has 0 atom stereocenters. The molecule has 0 saturated heterocycles. The van der Waals surface area contributed by atoms with Crippen molar-refractivity contribution in [1.29, 1.82) is 0 Å². The summed E-state index contributed by atoms with van der Waals surface area (Å²) in [6, 6.07) is 9.29. The number of methoxy groups -OCH3 is 1. The van der Waals surface area contributed by atoms with E-state index in [1.807, 2.05) is 31.2 Å². The fourth-order valence-corrected chi connectivity index (χ4v) is 4.51. The molecule has 0 aliphatic heterocycles. The summed E-state index contributed by atoms with van der Waals surface area (Å²) < 4.78 is 6.30. The van der Waals surface area contributed by atoms with Gasteiger partial charge in [-0.15, -0.1) is 0 Å². The molecular formula is C24H17ClN6O2S. The Morgan fingerprint density at radius 3 is 2.62 bits per heavy atom. The van der Waals surface area contributed by atoms with Gasteiger partial charge in [0.15, 0.2) is 10.8 Å². The van der Waals surface area contributed by atoms with Crippen molar-refractivity contribution in [1.82, 2.24) is 24.9 Å². The number of nitrogens with one attached hydrogen (secondary N) is 1. The molecule has 0 aromatic carbocycles. The van der Waals surface area contributed by atoms with Crippen LogP contribution in [0.25, 0.3) is 32.6 Å². The van der Waals surface area contributed by atoms with Gasteiger partial charge in [0.2, 0.25) is 0 Å². The molecule has 10 heteroatoms. The minimum absolute atomic E-state index is 0.291. The second-order valence-electron chi connectivity index (χ2n) is 7.33. The lowest BCUT2D eigenvalue weighted by Crippen LogP contribution is -2.14. The highest BCUT2D eigenvalue weighted by Gasteiger charge is 2.19. The van der Waals surface area contributed by atoms with Crippen LogP contribution in [0.1, 0.15) is 16.1 Å². The van der Waals surface area contributed by atoms with Crippen LogP contribution in [0.2, 0.25) is 5.15 Å². The molecular weight excluding hydrogens is 472 g/mol. The summed E-state index contributed by atoms with van der Waals surface area (Å²) >= 11 is 7.47. The normalized spacial score (nSPS) is 10.9. The lowest BCUT2D eigenvalue weighted by atomic mass is 10.0. The molecule has 1 N–H and O–H groups in total. The number of pyridine rings is 4. The fourth-order valence-electron chi connectivity index (χ4n) is 3.49. The Kier molecular flexibility index (Phi) is 5.87. The van der Waals surface area contributed by atoms with Gasteiger partial charge in [-0.25, -0.2) is 9.97 Å². The molecule has 0 unspecified atom stereocenters. The smallest absolute Gasteiger partial charge is 0.259 e. The van der Waals surface area contributed by atoms with Crippen LogP contribution in [0.5, 0.6) is 5.75 Å². The number of fused-ring (bicyclic) bond motifs is 1. The van der Waals surface area contributed by atoms with Crippen LogP contribution >= 0.6 is 22.9 Å². The predicted molar refractivity (Wildman–Crippen MR) is 132 cm³/mol. The van der Waals surface area contributed by atoms with E-state index in [-0.39, 0.29) is 5.91 Å². The fraction of sp³-hybridized carbons (Fsp3) is 0.0833. The van der Waals surface area contributed by atoms with Crippen LogP contribution in [-0.4, -0.2) is 37.9 Å². The van der Waals surface area contributed by atoms with Crippen LogP contribution < -0.4 is 10.1 Å². The van der Waals surface area contributed by atoms with Crippen molar-refractivity contribution in [2.45, 2.75) is 6.92 Å². The first-order valence-electron chi connectivity index (χ1n) is 10.2. The Morgan fingerprint density at radius 1 is 1.00 bits per heavy atom. The van der Waals surface area contributed by atoms with E-state index in [2.05, 4.69) is 30.2 Å². The Labute approximate surface area is 203 Å². The van der Waals surface area contributed by atoms with E-state index in [0.29, 0.717) is 38.4 Å². The number of thiazole rings is 1. The molecule has 5 rings (SSSR count). The van der Waals surface area contributed by atoms with Gasteiger partial charge in [0.25, 0.3) is 5.91 Å². The highest BCUT2D eigenvalue weighted by atomic mass is 35.5. The van der Waals surface area contributed by atoms with Crippen molar-refractivity contribution in [2.75, 3.05) is 12.4 Å². The van der Waals surface area contributed by atoms with Gasteiger partial charge in [-0.3, -0.25) is 20.1 Å². The summed E-state index contributed by atoms with van der Waals surface area (Å²) in [5.74, 6) is 0.141. The number of anilines is 1. The summed E-state index contributed by atoms with van der Waals surface area (Å²) in [6.07, 6.45) is 8.27. The van der Waals surface area contributed by atoms with E-state index in [1.165, 1.54) is 30.8 Å². The van der Waals surface area contributed by atoms with E-state index < -0.39 is 0 Å². The van der Waals surface area contributed by atoms with Gasteiger partial charge in [0, 0.05) is 47.2 Å². The first kappa shape index (κ1) is 21.9. The van der Waals surface area contributed by atoms with Gasteiger partial charge in [0.05, 0.1) is 23.6 Å². The van der Waals surface area contributed by atoms with Crippen molar-refractivity contribution in [3.63, 3.8) is 0 Å². The molecule has 0 saturated carbocycles. The Balaban J connectivity index is 1.49. The monoisotopic (exact) mass is 488 g/mol. The minimum Gasteiger partial charge on any atom is -0.494 e. The maximum absolute atomic E-state index is 13.3. The van der Waals surface area contributed by atoms with E-state index >= 15 is 0 Å². The number of aryl methyl sites for hydroxylation is 1. The van der Waals surface area contributed by atoms with Gasteiger partial charge < -0.3 is 4.74 Å². The van der Waals surface area contributed by atoms with Crippen molar-refractivity contribution in [2.24, 2.45) is 0 Å². The first-order chi connectivity index (χ1) is 16.5. The van der Waals surface area contributed by atoms with Gasteiger partial charge in [-0.1, -0.05) is 22.9 Å². The van der Waals surface area contributed by atoms with Crippen LogP contribution in [0.15, 0.2) is 61.3 Å². The van der Waals surface area contributed by atoms with Gasteiger partial charge in [-0.05, 0) is 42.8 Å². The third-order valence-electron chi connectivity index (χ3n) is 5.11. The summed E-state index contributed by atoms with van der Waals surface area (Å²) in [7, 11) is 1.54. The predicted octanol–water partition coefficient (Wildman–Crippen LogP) is 5.43. The van der Waals surface area contributed by atoms with Gasteiger partial charge in [0.1, 0.15) is 10.9 Å². The molecule has 5 aromatic rings. The quantitative estimate of drug-likeness (QED) is 0.329. The Morgan fingerprint density at radius 2 is 1.82 bits per heavy atom. The molecule has 0 fully saturated rings. The molecule has 8 nitrogen and oxygen atoms in total. The average molecular weight is 489 g/mol. The first-order valence-corrected chi connectivity index (χ1v) is 11.4. The number of halogens is 1. The molecule has 34 heavy (non-hydrogen) atoms. The number of carbonyl (C=O) groups excluding carboxylic acids is 1. The molecule has 0 aliphatic carbocycles. The topological polar surface area (TPSA) is 103 Å². The highest BCUT2D eigenvalue weighted by Crippen LogP contribution is 2.35. The van der Waals surface area contributed by atoms with Crippen LogP contribution in [0.3, 0.4) is 0 Å². The van der Waals surface area contributed by atoms with Crippen molar-refractivity contribution in [3.05, 3.63) is 77.7 Å². The van der Waals surface area contributed by atoms with Gasteiger partial charge >= 0.3 is 0 Å². The maximum atomic E-state index is 13.3. The van der Waals surface area contributed by atoms with Crippen LogP contribution in [0, 0.1) is 6.92 Å². The third kappa shape index (κ3) is 4.30. The zero-order valence-corrected chi connectivity index (χ0v) is 19.7. The molecule has 0 spiro atoms. The van der Waals surface area contributed by atoms with Crippen LogP contribution in [0.4, 0.5) is 5.13 Å².